The Morgan fingerprint density at radius 3 is 2.32 bits per heavy atom. The van der Waals surface area contributed by atoms with Gasteiger partial charge in [-0.2, -0.15) is 10.2 Å². The Kier molecular flexibility index (Phi) is 3.79. The minimum Gasteiger partial charge on any atom is -0.354 e. The highest BCUT2D eigenvalue weighted by molar-refractivity contribution is 5.92. The van der Waals surface area contributed by atoms with Crippen molar-refractivity contribution >= 4 is 16.7 Å². The summed E-state index contributed by atoms with van der Waals surface area (Å²) in [7, 11) is 0. The lowest BCUT2D eigenvalue weighted by Gasteiger charge is -2.19. The van der Waals surface area contributed by atoms with Gasteiger partial charge in [0.05, 0.1) is 22.5 Å². The number of anilines is 1. The maximum absolute atomic E-state index is 4.83. The molecule has 1 aromatic carbocycles. The van der Waals surface area contributed by atoms with Crippen molar-refractivity contribution in [2.45, 2.75) is 27.7 Å². The van der Waals surface area contributed by atoms with Gasteiger partial charge in [-0.1, -0.05) is 18.2 Å². The molecule has 0 aliphatic rings. The van der Waals surface area contributed by atoms with Crippen LogP contribution in [0.15, 0.2) is 30.3 Å². The van der Waals surface area contributed by atoms with E-state index in [2.05, 4.69) is 48.0 Å². The van der Waals surface area contributed by atoms with Gasteiger partial charge in [0, 0.05) is 13.1 Å². The van der Waals surface area contributed by atoms with E-state index in [1.54, 1.807) is 0 Å². The Morgan fingerprint density at radius 2 is 1.68 bits per heavy atom. The highest BCUT2D eigenvalue weighted by Crippen LogP contribution is 2.28. The fourth-order valence-electron chi connectivity index (χ4n) is 2.87. The van der Waals surface area contributed by atoms with E-state index in [-0.39, 0.29) is 0 Å². The van der Waals surface area contributed by atoms with Crippen LogP contribution in [0.4, 0.5) is 5.82 Å². The number of hydrogen-bond donors (Lipinski definition) is 0. The van der Waals surface area contributed by atoms with Crippen LogP contribution in [-0.4, -0.2) is 33.1 Å². The van der Waals surface area contributed by atoms with E-state index in [9.17, 15) is 0 Å². The van der Waals surface area contributed by atoms with Crippen LogP contribution in [0, 0.1) is 13.8 Å². The van der Waals surface area contributed by atoms with Crippen molar-refractivity contribution in [2.24, 2.45) is 0 Å². The minimum atomic E-state index is 0.864. The molecule has 0 N–H and O–H groups in total. The SMILES string of the molecule is CCN(CC)c1nnc(C)c2c(C)n(-c3ccccc3)nc12. The maximum atomic E-state index is 4.83. The molecule has 3 aromatic rings. The molecule has 114 valence electrons. The van der Waals surface area contributed by atoms with Gasteiger partial charge < -0.3 is 4.90 Å². The number of aryl methyl sites for hydroxylation is 2. The zero-order valence-electron chi connectivity index (χ0n) is 13.5. The van der Waals surface area contributed by atoms with Crippen molar-refractivity contribution in [1.29, 1.82) is 0 Å². The van der Waals surface area contributed by atoms with Gasteiger partial charge in [-0.25, -0.2) is 4.68 Å². The van der Waals surface area contributed by atoms with Crippen LogP contribution < -0.4 is 4.90 Å². The first kappa shape index (κ1) is 14.5. The number of fused-ring (bicyclic) bond motifs is 1. The van der Waals surface area contributed by atoms with Crippen LogP contribution in [-0.2, 0) is 0 Å². The molecule has 0 aliphatic carbocycles. The largest absolute Gasteiger partial charge is 0.354 e. The van der Waals surface area contributed by atoms with E-state index in [1.165, 1.54) is 0 Å². The first-order valence-electron chi connectivity index (χ1n) is 7.70. The molecule has 5 heteroatoms. The van der Waals surface area contributed by atoms with Gasteiger partial charge >= 0.3 is 0 Å². The van der Waals surface area contributed by atoms with Crippen molar-refractivity contribution < 1.29 is 0 Å². The Morgan fingerprint density at radius 1 is 1.00 bits per heavy atom. The summed E-state index contributed by atoms with van der Waals surface area (Å²) in [5.74, 6) is 0.864. The van der Waals surface area contributed by atoms with Crippen molar-refractivity contribution in [3.05, 3.63) is 41.7 Å². The Balaban J connectivity index is 2.29. The molecule has 0 saturated carbocycles. The summed E-state index contributed by atoms with van der Waals surface area (Å²) in [6.45, 7) is 10.1. The Bertz CT molecular complexity index is 788. The summed E-state index contributed by atoms with van der Waals surface area (Å²) in [6, 6.07) is 10.2. The van der Waals surface area contributed by atoms with Crippen LogP contribution in [0.3, 0.4) is 0 Å². The maximum Gasteiger partial charge on any atom is 0.179 e. The van der Waals surface area contributed by atoms with Crippen LogP contribution in [0.5, 0.6) is 0 Å². The molecule has 3 rings (SSSR count). The highest BCUT2D eigenvalue weighted by Gasteiger charge is 2.19. The number of benzene rings is 1. The van der Waals surface area contributed by atoms with Gasteiger partial charge in [-0.05, 0) is 39.8 Å². The third-order valence-corrected chi connectivity index (χ3v) is 4.05. The van der Waals surface area contributed by atoms with Crippen molar-refractivity contribution in [2.75, 3.05) is 18.0 Å². The smallest absolute Gasteiger partial charge is 0.179 e. The van der Waals surface area contributed by atoms with Gasteiger partial charge in [-0.15, -0.1) is 5.10 Å². The number of rotatable bonds is 4. The fraction of sp³-hybridized carbons (Fsp3) is 0.353. The van der Waals surface area contributed by atoms with Gasteiger partial charge in [0.1, 0.15) is 5.52 Å². The van der Waals surface area contributed by atoms with E-state index < -0.39 is 0 Å². The van der Waals surface area contributed by atoms with E-state index in [0.717, 1.165) is 46.9 Å². The third kappa shape index (κ3) is 2.22. The van der Waals surface area contributed by atoms with Crippen molar-refractivity contribution in [1.82, 2.24) is 20.0 Å². The van der Waals surface area contributed by atoms with E-state index in [4.69, 9.17) is 5.10 Å². The normalized spacial score (nSPS) is 11.1. The summed E-state index contributed by atoms with van der Waals surface area (Å²) >= 11 is 0. The second-order valence-corrected chi connectivity index (χ2v) is 5.34. The molecular weight excluding hydrogens is 274 g/mol. The minimum absolute atomic E-state index is 0.864. The lowest BCUT2D eigenvalue weighted by atomic mass is 10.2. The van der Waals surface area contributed by atoms with Gasteiger partial charge in [0.15, 0.2) is 5.82 Å². The van der Waals surface area contributed by atoms with E-state index in [1.807, 2.05) is 29.8 Å². The molecule has 0 amide bonds. The highest BCUT2D eigenvalue weighted by atomic mass is 15.3. The number of hydrogen-bond acceptors (Lipinski definition) is 4. The quantitative estimate of drug-likeness (QED) is 0.741. The lowest BCUT2D eigenvalue weighted by Crippen LogP contribution is -2.23. The van der Waals surface area contributed by atoms with Gasteiger partial charge in [0.2, 0.25) is 0 Å². The topological polar surface area (TPSA) is 46.8 Å². The fourth-order valence-corrected chi connectivity index (χ4v) is 2.87. The van der Waals surface area contributed by atoms with Crippen LogP contribution in [0.2, 0.25) is 0 Å². The summed E-state index contributed by atoms with van der Waals surface area (Å²) in [4.78, 5) is 2.19. The Labute approximate surface area is 130 Å². The molecule has 0 saturated heterocycles. The van der Waals surface area contributed by atoms with Crippen molar-refractivity contribution in [3.8, 4) is 5.69 Å². The second-order valence-electron chi connectivity index (χ2n) is 5.34. The summed E-state index contributed by atoms with van der Waals surface area (Å²) in [5, 5.41) is 14.7. The predicted octanol–water partition coefficient (Wildman–Crippen LogP) is 3.28. The third-order valence-electron chi connectivity index (χ3n) is 4.05. The average Bonchev–Trinajstić information content (AvgIpc) is 2.90. The second kappa shape index (κ2) is 5.75. The molecule has 5 nitrogen and oxygen atoms in total. The molecule has 0 unspecified atom stereocenters. The van der Waals surface area contributed by atoms with Crippen molar-refractivity contribution in [3.63, 3.8) is 0 Å². The first-order valence-corrected chi connectivity index (χ1v) is 7.70. The zero-order valence-corrected chi connectivity index (χ0v) is 13.5. The number of para-hydroxylation sites is 1. The molecule has 0 atom stereocenters. The molecule has 2 heterocycles. The van der Waals surface area contributed by atoms with Crippen LogP contribution >= 0.6 is 0 Å². The van der Waals surface area contributed by atoms with Crippen LogP contribution in [0.1, 0.15) is 25.2 Å². The molecule has 0 fully saturated rings. The molecule has 0 spiro atoms. The molecule has 22 heavy (non-hydrogen) atoms. The summed E-state index contributed by atoms with van der Waals surface area (Å²) in [6.07, 6.45) is 0. The first-order chi connectivity index (χ1) is 10.7. The molecule has 0 bridgehead atoms. The number of nitrogens with zero attached hydrogens (tertiary/aromatic N) is 5. The van der Waals surface area contributed by atoms with E-state index >= 15 is 0 Å². The van der Waals surface area contributed by atoms with E-state index in [0.29, 0.717) is 0 Å². The average molecular weight is 295 g/mol. The standard InChI is InChI=1S/C17H21N5/c1-5-21(6-2)17-16-15(12(3)18-19-17)13(4)22(20-16)14-10-8-7-9-11-14/h7-11H,5-6H2,1-4H3. The monoisotopic (exact) mass is 295 g/mol. The van der Waals surface area contributed by atoms with Crippen LogP contribution in [0.25, 0.3) is 16.6 Å². The molecule has 0 aliphatic heterocycles. The lowest BCUT2D eigenvalue weighted by molar-refractivity contribution is 0.819. The zero-order chi connectivity index (χ0) is 15.7. The summed E-state index contributed by atoms with van der Waals surface area (Å²) in [5.41, 5.74) is 4.01. The van der Waals surface area contributed by atoms with Gasteiger partial charge in [-0.3, -0.25) is 0 Å². The summed E-state index contributed by atoms with van der Waals surface area (Å²) < 4.78 is 1.98. The Hall–Kier alpha value is -2.43. The van der Waals surface area contributed by atoms with Gasteiger partial charge in [0.25, 0.3) is 0 Å². The molecule has 0 radical (unpaired) electrons. The predicted molar refractivity (Wildman–Crippen MR) is 89.7 cm³/mol. The molecular formula is C17H21N5. The molecule has 2 aromatic heterocycles. The number of aromatic nitrogens is 4.